The standard InChI is InChI=1S/C14H19ClFNO/c1-9(2)13-5-6-18-14(8-17-13)11-4-3-10(16)7-12(11)15/h3-4,7,9,13-14,17H,5-6,8H2,1-2H3. The zero-order valence-electron chi connectivity index (χ0n) is 10.7. The molecule has 2 atom stereocenters. The van der Waals surface area contributed by atoms with Crippen LogP contribution < -0.4 is 5.32 Å². The molecule has 1 fully saturated rings. The van der Waals surface area contributed by atoms with Crippen molar-refractivity contribution in [1.29, 1.82) is 0 Å². The molecule has 1 saturated heterocycles. The fourth-order valence-electron chi connectivity index (χ4n) is 2.29. The monoisotopic (exact) mass is 271 g/mol. The van der Waals surface area contributed by atoms with E-state index in [9.17, 15) is 4.39 Å². The molecule has 2 rings (SSSR count). The molecule has 1 N–H and O–H groups in total. The van der Waals surface area contributed by atoms with E-state index in [0.29, 0.717) is 30.1 Å². The van der Waals surface area contributed by atoms with Crippen LogP contribution in [-0.4, -0.2) is 19.2 Å². The van der Waals surface area contributed by atoms with E-state index in [4.69, 9.17) is 16.3 Å². The van der Waals surface area contributed by atoms with Crippen LogP contribution in [0.4, 0.5) is 4.39 Å². The molecule has 0 aromatic heterocycles. The lowest BCUT2D eigenvalue weighted by atomic mass is 10.0. The highest BCUT2D eigenvalue weighted by atomic mass is 35.5. The molecular formula is C14H19ClFNO. The summed E-state index contributed by atoms with van der Waals surface area (Å²) in [6.45, 7) is 5.81. The first kappa shape index (κ1) is 13.8. The van der Waals surface area contributed by atoms with Crippen molar-refractivity contribution < 1.29 is 9.13 Å². The zero-order chi connectivity index (χ0) is 13.1. The lowest BCUT2D eigenvalue weighted by molar-refractivity contribution is 0.0661. The summed E-state index contributed by atoms with van der Waals surface area (Å²) in [5.74, 6) is 0.265. The summed E-state index contributed by atoms with van der Waals surface area (Å²) >= 11 is 6.07. The van der Waals surface area contributed by atoms with Crippen LogP contribution in [0.25, 0.3) is 0 Å². The van der Waals surface area contributed by atoms with Crippen LogP contribution in [0.15, 0.2) is 18.2 Å². The Morgan fingerprint density at radius 2 is 2.22 bits per heavy atom. The van der Waals surface area contributed by atoms with Crippen LogP contribution in [0.3, 0.4) is 0 Å². The number of nitrogens with one attached hydrogen (secondary N) is 1. The molecule has 1 aromatic rings. The average molecular weight is 272 g/mol. The third-order valence-electron chi connectivity index (χ3n) is 3.43. The maximum absolute atomic E-state index is 13.0. The van der Waals surface area contributed by atoms with Crippen molar-refractivity contribution >= 4 is 11.6 Å². The van der Waals surface area contributed by atoms with Gasteiger partial charge in [0, 0.05) is 29.8 Å². The van der Waals surface area contributed by atoms with E-state index in [1.807, 2.05) is 0 Å². The van der Waals surface area contributed by atoms with Crippen LogP contribution in [0, 0.1) is 11.7 Å². The van der Waals surface area contributed by atoms with Crippen molar-refractivity contribution in [2.24, 2.45) is 5.92 Å². The molecule has 100 valence electrons. The molecule has 2 nitrogen and oxygen atoms in total. The zero-order valence-corrected chi connectivity index (χ0v) is 11.5. The van der Waals surface area contributed by atoms with Crippen LogP contribution in [0.2, 0.25) is 5.02 Å². The Morgan fingerprint density at radius 3 is 2.89 bits per heavy atom. The molecule has 0 bridgehead atoms. The maximum Gasteiger partial charge on any atom is 0.124 e. The molecule has 1 aromatic carbocycles. The maximum atomic E-state index is 13.0. The van der Waals surface area contributed by atoms with E-state index in [1.165, 1.54) is 12.1 Å². The first-order valence-corrected chi connectivity index (χ1v) is 6.75. The molecule has 18 heavy (non-hydrogen) atoms. The number of halogens is 2. The molecule has 0 radical (unpaired) electrons. The number of benzene rings is 1. The molecule has 2 unspecified atom stereocenters. The van der Waals surface area contributed by atoms with Crippen LogP contribution >= 0.6 is 11.6 Å². The average Bonchev–Trinajstić information content (AvgIpc) is 2.54. The largest absolute Gasteiger partial charge is 0.372 e. The summed E-state index contributed by atoms with van der Waals surface area (Å²) in [6, 6.07) is 4.94. The van der Waals surface area contributed by atoms with Gasteiger partial charge in [-0.2, -0.15) is 0 Å². The van der Waals surface area contributed by atoms with Gasteiger partial charge in [0.2, 0.25) is 0 Å². The molecule has 1 aliphatic heterocycles. The highest BCUT2D eigenvalue weighted by Crippen LogP contribution is 2.28. The number of hydrogen-bond donors (Lipinski definition) is 1. The summed E-state index contributed by atoms with van der Waals surface area (Å²) in [4.78, 5) is 0. The van der Waals surface area contributed by atoms with Crippen molar-refractivity contribution in [2.75, 3.05) is 13.2 Å². The minimum atomic E-state index is -0.314. The van der Waals surface area contributed by atoms with Gasteiger partial charge < -0.3 is 10.1 Å². The molecule has 0 spiro atoms. The van der Waals surface area contributed by atoms with Gasteiger partial charge >= 0.3 is 0 Å². The molecule has 4 heteroatoms. The van der Waals surface area contributed by atoms with Crippen molar-refractivity contribution in [3.8, 4) is 0 Å². The summed E-state index contributed by atoms with van der Waals surface area (Å²) in [5, 5.41) is 3.93. The molecule has 0 amide bonds. The summed E-state index contributed by atoms with van der Waals surface area (Å²) in [7, 11) is 0. The highest BCUT2D eigenvalue weighted by molar-refractivity contribution is 6.31. The normalized spacial score (nSPS) is 25.2. The van der Waals surface area contributed by atoms with Crippen LogP contribution in [0.1, 0.15) is 31.9 Å². The Hall–Kier alpha value is -0.640. The van der Waals surface area contributed by atoms with Gasteiger partial charge in [0.25, 0.3) is 0 Å². The second kappa shape index (κ2) is 6.00. The molecule has 1 aliphatic rings. The van der Waals surface area contributed by atoms with Gasteiger partial charge in [-0.25, -0.2) is 4.39 Å². The van der Waals surface area contributed by atoms with Crippen molar-refractivity contribution in [3.05, 3.63) is 34.6 Å². The van der Waals surface area contributed by atoms with Crippen LogP contribution in [-0.2, 0) is 4.74 Å². The first-order chi connectivity index (χ1) is 8.58. The minimum absolute atomic E-state index is 0.0955. The van der Waals surface area contributed by atoms with Gasteiger partial charge in [0.15, 0.2) is 0 Å². The van der Waals surface area contributed by atoms with Gasteiger partial charge in [-0.1, -0.05) is 31.5 Å². The lowest BCUT2D eigenvalue weighted by Gasteiger charge is -2.20. The van der Waals surface area contributed by atoms with E-state index in [0.717, 1.165) is 12.0 Å². The smallest absolute Gasteiger partial charge is 0.124 e. The Kier molecular flexibility index (Phi) is 4.60. The predicted molar refractivity (Wildman–Crippen MR) is 71.3 cm³/mol. The van der Waals surface area contributed by atoms with Gasteiger partial charge in [-0.05, 0) is 24.5 Å². The van der Waals surface area contributed by atoms with Crippen molar-refractivity contribution in [1.82, 2.24) is 5.32 Å². The minimum Gasteiger partial charge on any atom is -0.372 e. The number of rotatable bonds is 2. The van der Waals surface area contributed by atoms with Gasteiger partial charge in [0.1, 0.15) is 5.82 Å². The summed E-state index contributed by atoms with van der Waals surface area (Å²) < 4.78 is 18.8. The van der Waals surface area contributed by atoms with E-state index >= 15 is 0 Å². The third kappa shape index (κ3) is 3.22. The van der Waals surface area contributed by atoms with Gasteiger partial charge in [0.05, 0.1) is 6.10 Å². The topological polar surface area (TPSA) is 21.3 Å². The van der Waals surface area contributed by atoms with E-state index in [-0.39, 0.29) is 11.9 Å². The van der Waals surface area contributed by atoms with Crippen LogP contribution in [0.5, 0.6) is 0 Å². The van der Waals surface area contributed by atoms with E-state index in [1.54, 1.807) is 6.07 Å². The summed E-state index contributed by atoms with van der Waals surface area (Å²) in [6.07, 6.45) is 0.898. The Bertz CT molecular complexity index is 411. The Balaban J connectivity index is 2.10. The molecule has 0 saturated carbocycles. The predicted octanol–water partition coefficient (Wildman–Crippen LogP) is 3.55. The molecule has 1 heterocycles. The number of hydrogen-bond acceptors (Lipinski definition) is 2. The highest BCUT2D eigenvalue weighted by Gasteiger charge is 2.23. The fraction of sp³-hybridized carbons (Fsp3) is 0.571. The van der Waals surface area contributed by atoms with Gasteiger partial charge in [-0.3, -0.25) is 0 Å². The fourth-order valence-corrected chi connectivity index (χ4v) is 2.58. The molecular weight excluding hydrogens is 253 g/mol. The van der Waals surface area contributed by atoms with Gasteiger partial charge in [-0.15, -0.1) is 0 Å². The molecule has 0 aliphatic carbocycles. The van der Waals surface area contributed by atoms with Crippen molar-refractivity contribution in [3.63, 3.8) is 0 Å². The summed E-state index contributed by atoms with van der Waals surface area (Å²) in [5.41, 5.74) is 0.856. The third-order valence-corrected chi connectivity index (χ3v) is 3.75. The second-order valence-electron chi connectivity index (χ2n) is 5.07. The van der Waals surface area contributed by atoms with E-state index < -0.39 is 0 Å². The second-order valence-corrected chi connectivity index (χ2v) is 5.48. The SMILES string of the molecule is CC(C)C1CCOC(c2ccc(F)cc2Cl)CN1. The number of ether oxygens (including phenoxy) is 1. The van der Waals surface area contributed by atoms with E-state index in [2.05, 4.69) is 19.2 Å². The Labute approximate surface area is 112 Å². The lowest BCUT2D eigenvalue weighted by Crippen LogP contribution is -2.34. The quantitative estimate of drug-likeness (QED) is 0.888. The Morgan fingerprint density at radius 1 is 1.44 bits per heavy atom. The van der Waals surface area contributed by atoms with Crippen molar-refractivity contribution in [2.45, 2.75) is 32.4 Å². The first-order valence-electron chi connectivity index (χ1n) is 6.38.